The first-order valence-electron chi connectivity index (χ1n) is 24.8. The fourth-order valence-corrected chi connectivity index (χ4v) is 12.9. The van der Waals surface area contributed by atoms with Gasteiger partial charge in [-0.25, -0.2) is 0 Å². The van der Waals surface area contributed by atoms with Gasteiger partial charge in [-0.1, -0.05) is 71.8 Å². The van der Waals surface area contributed by atoms with Gasteiger partial charge in [-0.2, -0.15) is 0 Å². The van der Waals surface area contributed by atoms with Crippen LogP contribution < -0.4 is 39.5 Å². The number of para-hydroxylation sites is 2. The maximum atomic E-state index is 14.3. The van der Waals surface area contributed by atoms with Crippen molar-refractivity contribution < 1.29 is 33.4 Å². The van der Waals surface area contributed by atoms with Crippen molar-refractivity contribution in [1.82, 2.24) is 0 Å². The van der Waals surface area contributed by atoms with Crippen molar-refractivity contribution in [3.8, 4) is 17.2 Å². The second-order valence-electron chi connectivity index (χ2n) is 20.1. The molecule has 0 aromatic heterocycles. The maximum Gasteiger partial charge on any atom is 0.260 e. The van der Waals surface area contributed by atoms with E-state index in [2.05, 4.69) is 55.4 Å². The molecule has 0 saturated heterocycles. The molecule has 5 aromatic carbocycles. The summed E-state index contributed by atoms with van der Waals surface area (Å²) in [5.41, 5.74) is 9.98. The molecule has 71 heavy (non-hydrogen) atoms. The van der Waals surface area contributed by atoms with Gasteiger partial charge in [-0.05, 0) is 124 Å². The molecule has 9 rings (SSSR count). The van der Waals surface area contributed by atoms with Crippen LogP contribution in [0.15, 0.2) is 91.0 Å². The second kappa shape index (κ2) is 20.9. The fourth-order valence-electron chi connectivity index (χ4n) is 10.2. The van der Waals surface area contributed by atoms with Gasteiger partial charge in [0, 0.05) is 78.1 Å². The maximum absolute atomic E-state index is 14.3. The first kappa shape index (κ1) is 49.8. The summed E-state index contributed by atoms with van der Waals surface area (Å²) in [5.74, 6) is 1.65. The third kappa shape index (κ3) is 10.7. The Morgan fingerprint density at radius 1 is 0.817 bits per heavy atom. The molecule has 0 saturated carbocycles. The number of aryl methyl sites for hydroxylation is 1. The molecule has 0 fully saturated rings. The van der Waals surface area contributed by atoms with Crippen LogP contribution in [0.4, 0.5) is 28.4 Å². The Morgan fingerprint density at radius 3 is 2.18 bits per heavy atom. The molecule has 4 aliphatic heterocycles. The molecule has 0 bridgehead atoms. The van der Waals surface area contributed by atoms with E-state index in [1.54, 1.807) is 34.8 Å². The SMILES string of the molecule is CCC(=O)CCC(C)SSC(C)(C)CCC(=O)Nc1cc(COc2cc3c(cc2C)C(=O)N2c4ccccc4C[C@H]2CN3C)cc(COc2cc3c(cc2OC)C(=O)N2c4ccccc4C[C@H]2C(C)N3)c1. The summed E-state index contributed by atoms with van der Waals surface area (Å²) in [4.78, 5) is 60.1. The van der Waals surface area contributed by atoms with E-state index in [0.717, 1.165) is 58.6 Å². The Labute approximate surface area is 426 Å². The normalized spacial score (nSPS) is 18.2. The minimum Gasteiger partial charge on any atom is -0.493 e. The number of ether oxygens (including phenoxy) is 3. The van der Waals surface area contributed by atoms with E-state index in [-0.39, 0.29) is 59.6 Å². The molecule has 3 amide bonds. The number of nitrogens with zero attached hydrogens (tertiary/aromatic N) is 3. The van der Waals surface area contributed by atoms with Gasteiger partial charge in [0.25, 0.3) is 11.8 Å². The number of hydrogen-bond donors (Lipinski definition) is 2. The molecule has 2 N–H and O–H groups in total. The molecule has 2 unspecified atom stereocenters. The van der Waals surface area contributed by atoms with Crippen molar-refractivity contribution in [3.05, 3.63) is 130 Å². The molecule has 4 atom stereocenters. The first-order chi connectivity index (χ1) is 34.1. The molecule has 12 nitrogen and oxygen atoms in total. The number of carbonyl (C=O) groups excluding carboxylic acids is 4. The summed E-state index contributed by atoms with van der Waals surface area (Å²) in [6.45, 7) is 13.4. The molecule has 0 radical (unpaired) electrons. The molecule has 5 aromatic rings. The summed E-state index contributed by atoms with van der Waals surface area (Å²) in [6, 6.07) is 29.6. The summed E-state index contributed by atoms with van der Waals surface area (Å²) in [5, 5.41) is 7.11. The van der Waals surface area contributed by atoms with Crippen molar-refractivity contribution in [1.29, 1.82) is 0 Å². The van der Waals surface area contributed by atoms with Crippen LogP contribution >= 0.6 is 21.6 Å². The number of Topliss-reactive ketones (excluding diaryl/α,β-unsaturated/α-hetero) is 1. The van der Waals surface area contributed by atoms with Gasteiger partial charge in [-0.15, -0.1) is 0 Å². The van der Waals surface area contributed by atoms with Gasteiger partial charge in [0.15, 0.2) is 11.5 Å². The van der Waals surface area contributed by atoms with Gasteiger partial charge in [0.1, 0.15) is 24.7 Å². The smallest absolute Gasteiger partial charge is 0.260 e. The molecule has 4 heterocycles. The minimum atomic E-state index is -0.171. The van der Waals surface area contributed by atoms with E-state index in [9.17, 15) is 19.2 Å². The van der Waals surface area contributed by atoms with Gasteiger partial charge >= 0.3 is 0 Å². The van der Waals surface area contributed by atoms with Crippen LogP contribution in [0, 0.1) is 6.92 Å². The van der Waals surface area contributed by atoms with E-state index in [1.165, 1.54) is 5.56 Å². The highest BCUT2D eigenvalue weighted by atomic mass is 33.1. The third-order valence-electron chi connectivity index (χ3n) is 14.2. The number of likely N-dealkylation sites (N-methyl/N-ethyl adjacent to an activating group) is 1. The van der Waals surface area contributed by atoms with E-state index in [4.69, 9.17) is 14.2 Å². The Kier molecular flexibility index (Phi) is 14.7. The highest BCUT2D eigenvalue weighted by Crippen LogP contribution is 2.45. The number of rotatable bonds is 18. The minimum absolute atomic E-state index is 0.00783. The molecule has 4 aliphatic rings. The van der Waals surface area contributed by atoms with Crippen molar-refractivity contribution in [3.63, 3.8) is 0 Å². The topological polar surface area (TPSA) is 130 Å². The number of hydrogen-bond acceptors (Lipinski definition) is 11. The zero-order valence-electron chi connectivity index (χ0n) is 42.1. The van der Waals surface area contributed by atoms with Crippen molar-refractivity contribution in [2.45, 2.75) is 128 Å². The lowest BCUT2D eigenvalue weighted by Gasteiger charge is -2.27. The fraction of sp³-hybridized carbons (Fsp3) is 0.404. The number of nitrogens with one attached hydrogen (secondary N) is 2. The summed E-state index contributed by atoms with van der Waals surface area (Å²) in [7, 11) is 7.15. The number of amides is 3. The lowest BCUT2D eigenvalue weighted by molar-refractivity contribution is -0.119. The number of methoxy groups -OCH3 is 1. The number of carbonyl (C=O) groups is 4. The molecule has 14 heteroatoms. The van der Waals surface area contributed by atoms with Crippen molar-refractivity contribution >= 4 is 73.5 Å². The van der Waals surface area contributed by atoms with Crippen LogP contribution in [0.5, 0.6) is 17.2 Å². The lowest BCUT2D eigenvalue weighted by Crippen LogP contribution is -2.44. The predicted molar refractivity (Wildman–Crippen MR) is 288 cm³/mol. The molecular weight excluding hydrogens is 931 g/mol. The standard InChI is InChI=1S/C57H65N5O7S2/c1-9-43(63)19-18-35(3)70-71-57(5,6)21-20-54(64)59-41-24-37(32-68-51-30-50-45(22-34(51)2)56(66)61-42(31-60(50)7)26-39-14-10-12-16-47(39)61)23-38(25-41)33-69-53-29-46-44(28-52(53)67-8)55(65)62-48-17-13-11-15-40(48)27-49(62)36(4)58-46/h10-17,22-25,28-30,35-36,42,49,58H,9,18-21,26-27,31-33H2,1-8H3,(H,59,64)/t35?,36?,42-,49-/m0/s1. The summed E-state index contributed by atoms with van der Waals surface area (Å²) >= 11 is 0. The Balaban J connectivity index is 0.941. The van der Waals surface area contributed by atoms with E-state index in [0.29, 0.717) is 77.2 Å². The molecule has 0 spiro atoms. The highest BCUT2D eigenvalue weighted by molar-refractivity contribution is 8.77. The Hall–Kier alpha value is -6.12. The molecule has 0 aliphatic carbocycles. The van der Waals surface area contributed by atoms with E-state index < -0.39 is 0 Å². The summed E-state index contributed by atoms with van der Waals surface area (Å²) in [6.07, 6.45) is 4.56. The number of anilines is 5. The van der Waals surface area contributed by atoms with Gasteiger partial charge < -0.3 is 39.5 Å². The third-order valence-corrected chi connectivity index (χ3v) is 18.1. The Morgan fingerprint density at radius 2 is 1.48 bits per heavy atom. The second-order valence-corrected chi connectivity index (χ2v) is 23.4. The van der Waals surface area contributed by atoms with Crippen LogP contribution in [0.2, 0.25) is 0 Å². The van der Waals surface area contributed by atoms with Crippen LogP contribution in [0.3, 0.4) is 0 Å². The highest BCUT2D eigenvalue weighted by Gasteiger charge is 2.42. The van der Waals surface area contributed by atoms with Gasteiger partial charge in [-0.3, -0.25) is 19.2 Å². The first-order valence-corrected chi connectivity index (χ1v) is 27.0. The number of benzene rings is 5. The predicted octanol–water partition coefficient (Wildman–Crippen LogP) is 11.6. The summed E-state index contributed by atoms with van der Waals surface area (Å²) < 4.78 is 18.9. The average Bonchev–Trinajstić information content (AvgIpc) is 3.88. The van der Waals surface area contributed by atoms with E-state index in [1.807, 2.05) is 103 Å². The molecular formula is C57H65N5O7S2. The monoisotopic (exact) mass is 995 g/mol. The van der Waals surface area contributed by atoms with Gasteiger partial charge in [0.05, 0.1) is 41.7 Å². The van der Waals surface area contributed by atoms with Crippen molar-refractivity contribution in [2.24, 2.45) is 0 Å². The van der Waals surface area contributed by atoms with Crippen molar-refractivity contribution in [2.75, 3.05) is 46.0 Å². The largest absolute Gasteiger partial charge is 0.493 e. The van der Waals surface area contributed by atoms with Crippen LogP contribution in [-0.2, 0) is 35.6 Å². The Bertz CT molecular complexity index is 2870. The average molecular weight is 996 g/mol. The number of fused-ring (bicyclic) bond motifs is 8. The molecule has 372 valence electrons. The van der Waals surface area contributed by atoms with Gasteiger partial charge in [0.2, 0.25) is 5.91 Å². The lowest BCUT2D eigenvalue weighted by atomic mass is 10.0. The quantitative estimate of drug-likeness (QED) is 0.0814. The zero-order valence-corrected chi connectivity index (χ0v) is 43.7. The van der Waals surface area contributed by atoms with E-state index >= 15 is 0 Å². The van der Waals surface area contributed by atoms with Crippen LogP contribution in [-0.4, -0.2) is 72.3 Å². The zero-order chi connectivity index (χ0) is 50.1. The van der Waals surface area contributed by atoms with Crippen LogP contribution in [0.25, 0.3) is 0 Å². The van der Waals surface area contributed by atoms with Crippen LogP contribution in [0.1, 0.15) is 115 Å². The number of ketones is 1.